The fourth-order valence-electron chi connectivity index (χ4n) is 2.03. The van der Waals surface area contributed by atoms with Gasteiger partial charge in [0.1, 0.15) is 5.75 Å². The summed E-state index contributed by atoms with van der Waals surface area (Å²) in [6, 6.07) is 14.0. The van der Waals surface area contributed by atoms with Gasteiger partial charge in [-0.3, -0.25) is 4.79 Å². The van der Waals surface area contributed by atoms with Crippen LogP contribution in [0.25, 0.3) is 10.9 Å². The van der Waals surface area contributed by atoms with Crippen molar-refractivity contribution in [3.8, 4) is 11.6 Å². The first-order chi connectivity index (χ1) is 11.0. The van der Waals surface area contributed by atoms with E-state index in [1.54, 1.807) is 42.5 Å². The molecule has 0 spiro atoms. The van der Waals surface area contributed by atoms with Gasteiger partial charge in [-0.2, -0.15) is 4.98 Å². The zero-order valence-corrected chi connectivity index (χ0v) is 13.8. The minimum Gasteiger partial charge on any atom is -0.437 e. The molecular formula is C16H9Cl3N2O2. The number of alkyl halides is 3. The van der Waals surface area contributed by atoms with E-state index in [4.69, 9.17) is 39.5 Å². The molecule has 2 aromatic carbocycles. The van der Waals surface area contributed by atoms with Gasteiger partial charge in [0, 0.05) is 0 Å². The predicted molar refractivity (Wildman–Crippen MR) is 90.7 cm³/mol. The second-order valence-electron chi connectivity index (χ2n) is 4.63. The van der Waals surface area contributed by atoms with Gasteiger partial charge >= 0.3 is 0 Å². The maximum absolute atomic E-state index is 11.1. The highest BCUT2D eigenvalue weighted by Crippen LogP contribution is 2.39. The fraction of sp³-hybridized carbons (Fsp3) is 0.0625. The quantitative estimate of drug-likeness (QED) is 0.479. The maximum Gasteiger partial charge on any atom is 0.250 e. The third-order valence-corrected chi connectivity index (χ3v) is 3.58. The van der Waals surface area contributed by atoms with Gasteiger partial charge in [-0.1, -0.05) is 59.1 Å². The molecule has 0 radical (unpaired) electrons. The molecule has 0 fully saturated rings. The van der Waals surface area contributed by atoms with Crippen LogP contribution in [-0.4, -0.2) is 16.3 Å². The van der Waals surface area contributed by atoms with Crippen LogP contribution in [0.15, 0.2) is 48.5 Å². The van der Waals surface area contributed by atoms with Gasteiger partial charge in [0.25, 0.3) is 0 Å². The number of halogens is 3. The molecule has 0 unspecified atom stereocenters. The largest absolute Gasteiger partial charge is 0.437 e. The number of carbonyl (C=O) groups excluding carboxylic acids is 1. The van der Waals surface area contributed by atoms with E-state index in [2.05, 4.69) is 9.97 Å². The smallest absolute Gasteiger partial charge is 0.250 e. The van der Waals surface area contributed by atoms with E-state index in [1.165, 1.54) is 0 Å². The minimum absolute atomic E-state index is 0.000200. The van der Waals surface area contributed by atoms with Crippen molar-refractivity contribution >= 4 is 52.0 Å². The second kappa shape index (κ2) is 6.32. The lowest BCUT2D eigenvalue weighted by Crippen LogP contribution is -2.08. The summed E-state index contributed by atoms with van der Waals surface area (Å²) in [5.41, 5.74) is 0.966. The van der Waals surface area contributed by atoms with Crippen molar-refractivity contribution in [1.29, 1.82) is 0 Å². The van der Waals surface area contributed by atoms with Crippen molar-refractivity contribution in [3.63, 3.8) is 0 Å². The topological polar surface area (TPSA) is 52.1 Å². The van der Waals surface area contributed by atoms with Crippen LogP contribution in [0, 0.1) is 0 Å². The number of ether oxygens (including phenoxy) is 1. The Bertz CT molecular complexity index is 879. The first-order valence-electron chi connectivity index (χ1n) is 6.55. The second-order valence-corrected chi connectivity index (χ2v) is 6.91. The van der Waals surface area contributed by atoms with E-state index in [9.17, 15) is 4.79 Å². The Morgan fingerprint density at radius 1 is 0.957 bits per heavy atom. The van der Waals surface area contributed by atoms with E-state index < -0.39 is 3.79 Å². The van der Waals surface area contributed by atoms with E-state index in [0.717, 1.165) is 0 Å². The summed E-state index contributed by atoms with van der Waals surface area (Å²) < 4.78 is 4.01. The molecule has 1 aromatic heterocycles. The van der Waals surface area contributed by atoms with Crippen molar-refractivity contribution in [2.75, 3.05) is 0 Å². The van der Waals surface area contributed by atoms with Crippen LogP contribution in [0.5, 0.6) is 11.6 Å². The molecule has 0 atom stereocenters. The number of rotatable bonds is 3. The molecule has 0 saturated heterocycles. The van der Waals surface area contributed by atoms with E-state index >= 15 is 0 Å². The van der Waals surface area contributed by atoms with Crippen LogP contribution in [-0.2, 0) is 3.79 Å². The summed E-state index contributed by atoms with van der Waals surface area (Å²) in [4.78, 5) is 19.6. The maximum atomic E-state index is 11.1. The molecule has 4 nitrogen and oxygen atoms in total. The van der Waals surface area contributed by atoms with Crippen molar-refractivity contribution in [3.05, 3.63) is 59.9 Å². The lowest BCUT2D eigenvalue weighted by Gasteiger charge is -2.14. The van der Waals surface area contributed by atoms with Gasteiger partial charge in [0.2, 0.25) is 9.67 Å². The van der Waals surface area contributed by atoms with Gasteiger partial charge in [0.05, 0.1) is 16.5 Å². The summed E-state index contributed by atoms with van der Waals surface area (Å²) in [7, 11) is 0. The molecule has 23 heavy (non-hydrogen) atoms. The molecule has 0 N–H and O–H groups in total. The number of para-hydroxylation sites is 2. The van der Waals surface area contributed by atoms with Crippen LogP contribution < -0.4 is 4.74 Å². The number of nitrogens with zero attached hydrogens (tertiary/aromatic N) is 2. The van der Waals surface area contributed by atoms with Crippen molar-refractivity contribution in [2.45, 2.75) is 3.79 Å². The number of hydrogen-bond donors (Lipinski definition) is 0. The third-order valence-electron chi connectivity index (χ3n) is 3.07. The van der Waals surface area contributed by atoms with Gasteiger partial charge < -0.3 is 4.74 Å². The zero-order chi connectivity index (χ0) is 16.4. The van der Waals surface area contributed by atoms with E-state index in [1.807, 2.05) is 6.07 Å². The Labute approximate surface area is 147 Å². The Morgan fingerprint density at radius 3 is 2.39 bits per heavy atom. The van der Waals surface area contributed by atoms with E-state index in [0.29, 0.717) is 28.5 Å². The highest BCUT2D eigenvalue weighted by molar-refractivity contribution is 6.66. The van der Waals surface area contributed by atoms with Gasteiger partial charge in [0.15, 0.2) is 12.1 Å². The molecule has 0 amide bonds. The Kier molecular flexibility index (Phi) is 4.39. The summed E-state index contributed by atoms with van der Waals surface area (Å²) in [6.45, 7) is 0. The number of aldehydes is 1. The molecule has 7 heteroatoms. The van der Waals surface area contributed by atoms with E-state index in [-0.39, 0.29) is 11.7 Å². The Morgan fingerprint density at radius 2 is 1.65 bits per heavy atom. The standard InChI is InChI=1S/C16H9Cl3N2O2/c17-16(18,19)15-20-12-7-3-2-6-11(12)14(21-15)23-13-8-4-1-5-10(13)9-22/h1-9H. The van der Waals surface area contributed by atoms with Crippen LogP contribution in [0.4, 0.5) is 0 Å². The molecule has 0 aliphatic heterocycles. The first kappa shape index (κ1) is 16.0. The van der Waals surface area contributed by atoms with Crippen LogP contribution in [0.2, 0.25) is 0 Å². The number of carbonyl (C=O) groups is 1. The summed E-state index contributed by atoms with van der Waals surface area (Å²) in [5.74, 6) is 0.577. The summed E-state index contributed by atoms with van der Waals surface area (Å²) in [5, 5.41) is 0.645. The SMILES string of the molecule is O=Cc1ccccc1Oc1nc(C(Cl)(Cl)Cl)nc2ccccc12. The molecule has 0 aliphatic rings. The monoisotopic (exact) mass is 366 g/mol. The molecule has 0 bridgehead atoms. The highest BCUT2D eigenvalue weighted by Gasteiger charge is 2.28. The molecule has 0 saturated carbocycles. The van der Waals surface area contributed by atoms with Crippen molar-refractivity contribution < 1.29 is 9.53 Å². The molecule has 116 valence electrons. The average molecular weight is 368 g/mol. The molecule has 0 aliphatic carbocycles. The Hall–Kier alpha value is -1.88. The lowest BCUT2D eigenvalue weighted by molar-refractivity contribution is 0.112. The number of fused-ring (bicyclic) bond motifs is 1. The van der Waals surface area contributed by atoms with Crippen molar-refractivity contribution in [1.82, 2.24) is 9.97 Å². The molecular weight excluding hydrogens is 359 g/mol. The molecule has 1 heterocycles. The van der Waals surface area contributed by atoms with Gasteiger partial charge in [-0.05, 0) is 24.3 Å². The zero-order valence-electron chi connectivity index (χ0n) is 11.5. The number of benzene rings is 2. The first-order valence-corrected chi connectivity index (χ1v) is 7.68. The minimum atomic E-state index is -1.79. The third kappa shape index (κ3) is 3.39. The van der Waals surface area contributed by atoms with Crippen LogP contribution >= 0.6 is 34.8 Å². The fourth-order valence-corrected chi connectivity index (χ4v) is 2.28. The highest BCUT2D eigenvalue weighted by atomic mass is 35.6. The molecule has 3 aromatic rings. The number of aromatic nitrogens is 2. The normalized spacial score (nSPS) is 11.4. The number of hydrogen-bond acceptors (Lipinski definition) is 4. The molecule has 3 rings (SSSR count). The lowest BCUT2D eigenvalue weighted by atomic mass is 10.2. The summed E-state index contributed by atoms with van der Waals surface area (Å²) >= 11 is 17.7. The van der Waals surface area contributed by atoms with Crippen LogP contribution in [0.3, 0.4) is 0 Å². The predicted octanol–water partition coefficient (Wildman–Crippen LogP) is 5.06. The van der Waals surface area contributed by atoms with Gasteiger partial charge in [-0.25, -0.2) is 4.98 Å². The average Bonchev–Trinajstić information content (AvgIpc) is 2.54. The van der Waals surface area contributed by atoms with Crippen molar-refractivity contribution in [2.24, 2.45) is 0 Å². The van der Waals surface area contributed by atoms with Gasteiger partial charge in [-0.15, -0.1) is 0 Å². The Balaban J connectivity index is 2.17. The van der Waals surface area contributed by atoms with Crippen LogP contribution in [0.1, 0.15) is 16.2 Å². The summed E-state index contributed by atoms with van der Waals surface area (Å²) in [6.07, 6.45) is 0.703.